The fourth-order valence-corrected chi connectivity index (χ4v) is 2.40. The highest BCUT2D eigenvalue weighted by Gasteiger charge is 2.12. The van der Waals surface area contributed by atoms with Crippen molar-refractivity contribution in [2.75, 3.05) is 19.8 Å². The molecule has 0 fully saturated rings. The molecule has 1 amide bonds. The molecule has 0 atom stereocenters. The summed E-state index contributed by atoms with van der Waals surface area (Å²) in [6, 6.07) is 6.24. The van der Waals surface area contributed by atoms with Gasteiger partial charge in [-0.2, -0.15) is 0 Å². The van der Waals surface area contributed by atoms with E-state index in [9.17, 15) is 13.2 Å². The first-order chi connectivity index (χ1) is 8.42. The van der Waals surface area contributed by atoms with Gasteiger partial charge in [-0.1, -0.05) is 15.9 Å². The lowest BCUT2D eigenvalue weighted by Gasteiger charge is -2.06. The molecule has 100 valence electrons. The van der Waals surface area contributed by atoms with Crippen LogP contribution >= 0.6 is 15.9 Å². The molecule has 1 aromatic carbocycles. The predicted molar refractivity (Wildman–Crippen MR) is 69.3 cm³/mol. The summed E-state index contributed by atoms with van der Waals surface area (Å²) in [5.41, 5.74) is 4.86. The standard InChI is InChI=1S/C10H13BrN2O4S/c11-8-1-3-9(4-2-8)18(15,16)13-5-6-17-7-10(12)14/h1-4,13H,5-7H2,(H2,12,14). The van der Waals surface area contributed by atoms with Crippen LogP contribution in [0.4, 0.5) is 0 Å². The van der Waals surface area contributed by atoms with Gasteiger partial charge in [-0.3, -0.25) is 4.79 Å². The highest BCUT2D eigenvalue weighted by molar-refractivity contribution is 9.10. The van der Waals surface area contributed by atoms with Crippen LogP contribution in [0, 0.1) is 0 Å². The second-order valence-corrected chi connectivity index (χ2v) is 6.05. The zero-order chi connectivity index (χ0) is 13.6. The largest absolute Gasteiger partial charge is 0.370 e. The highest BCUT2D eigenvalue weighted by atomic mass is 79.9. The van der Waals surface area contributed by atoms with Gasteiger partial charge in [0.2, 0.25) is 15.9 Å². The van der Waals surface area contributed by atoms with Crippen molar-refractivity contribution in [2.24, 2.45) is 5.73 Å². The number of primary amides is 1. The third kappa shape index (κ3) is 5.13. The van der Waals surface area contributed by atoms with Crippen molar-refractivity contribution in [1.29, 1.82) is 0 Å². The average molecular weight is 337 g/mol. The Bertz CT molecular complexity index is 501. The molecule has 0 aliphatic heterocycles. The summed E-state index contributed by atoms with van der Waals surface area (Å²) in [5, 5.41) is 0. The van der Waals surface area contributed by atoms with Crippen LogP contribution in [0.25, 0.3) is 0 Å². The average Bonchev–Trinajstić information content (AvgIpc) is 2.28. The summed E-state index contributed by atoms with van der Waals surface area (Å²) in [4.78, 5) is 10.5. The number of nitrogens with one attached hydrogen (secondary N) is 1. The number of amides is 1. The number of hydrogen-bond acceptors (Lipinski definition) is 4. The van der Waals surface area contributed by atoms with E-state index in [-0.39, 0.29) is 24.7 Å². The van der Waals surface area contributed by atoms with Crippen LogP contribution in [0.5, 0.6) is 0 Å². The zero-order valence-corrected chi connectivity index (χ0v) is 11.8. The predicted octanol–water partition coefficient (Wildman–Crippen LogP) is 0.229. The molecule has 1 aromatic rings. The van der Waals surface area contributed by atoms with Gasteiger partial charge >= 0.3 is 0 Å². The maximum absolute atomic E-state index is 11.8. The number of carbonyl (C=O) groups excluding carboxylic acids is 1. The van der Waals surface area contributed by atoms with Crippen molar-refractivity contribution in [3.8, 4) is 0 Å². The van der Waals surface area contributed by atoms with E-state index < -0.39 is 15.9 Å². The normalized spacial score (nSPS) is 11.4. The Morgan fingerprint density at radius 3 is 2.50 bits per heavy atom. The number of rotatable bonds is 7. The lowest BCUT2D eigenvalue weighted by Crippen LogP contribution is -2.28. The Labute approximate surface area is 114 Å². The topological polar surface area (TPSA) is 98.5 Å². The molecule has 0 saturated carbocycles. The van der Waals surface area contributed by atoms with E-state index in [1.54, 1.807) is 12.1 Å². The lowest BCUT2D eigenvalue weighted by atomic mass is 10.4. The molecule has 0 aromatic heterocycles. The van der Waals surface area contributed by atoms with E-state index in [4.69, 9.17) is 10.5 Å². The second kappa shape index (κ2) is 6.83. The van der Waals surface area contributed by atoms with Gasteiger partial charge in [-0.25, -0.2) is 13.1 Å². The summed E-state index contributed by atoms with van der Waals surface area (Å²) in [5.74, 6) is -0.592. The monoisotopic (exact) mass is 336 g/mol. The molecule has 0 bridgehead atoms. The quantitative estimate of drug-likeness (QED) is 0.696. The van der Waals surface area contributed by atoms with E-state index in [1.165, 1.54) is 12.1 Å². The molecule has 3 N–H and O–H groups in total. The van der Waals surface area contributed by atoms with E-state index in [1.807, 2.05) is 0 Å². The number of benzene rings is 1. The van der Waals surface area contributed by atoms with Crippen LogP contribution in [0.3, 0.4) is 0 Å². The van der Waals surface area contributed by atoms with Crippen LogP contribution in [0.2, 0.25) is 0 Å². The highest BCUT2D eigenvalue weighted by Crippen LogP contribution is 2.14. The molecular formula is C10H13BrN2O4S. The van der Waals surface area contributed by atoms with Crippen LogP contribution in [-0.2, 0) is 19.6 Å². The van der Waals surface area contributed by atoms with Crippen molar-refractivity contribution in [3.05, 3.63) is 28.7 Å². The van der Waals surface area contributed by atoms with Crippen LogP contribution in [0.1, 0.15) is 0 Å². The minimum absolute atomic E-state index is 0.0751. The van der Waals surface area contributed by atoms with Gasteiger partial charge in [0.15, 0.2) is 0 Å². The number of carbonyl (C=O) groups is 1. The maximum atomic E-state index is 11.8. The summed E-state index contributed by atoms with van der Waals surface area (Å²) < 4.78 is 31.5. The van der Waals surface area contributed by atoms with Crippen LogP contribution in [0.15, 0.2) is 33.6 Å². The Kier molecular flexibility index (Phi) is 5.73. The Hall–Kier alpha value is -0.960. The maximum Gasteiger partial charge on any atom is 0.243 e. The summed E-state index contributed by atoms with van der Waals surface area (Å²) in [6.45, 7) is -0.0651. The molecular weight excluding hydrogens is 324 g/mol. The first-order valence-electron chi connectivity index (χ1n) is 5.03. The molecule has 0 aliphatic rings. The van der Waals surface area contributed by atoms with Crippen LogP contribution in [-0.4, -0.2) is 34.1 Å². The van der Waals surface area contributed by atoms with E-state index >= 15 is 0 Å². The van der Waals surface area contributed by atoms with Crippen molar-refractivity contribution < 1.29 is 17.9 Å². The zero-order valence-electron chi connectivity index (χ0n) is 9.43. The van der Waals surface area contributed by atoms with Gasteiger partial charge in [0.05, 0.1) is 11.5 Å². The molecule has 0 unspecified atom stereocenters. The number of sulfonamides is 1. The Morgan fingerprint density at radius 2 is 1.94 bits per heavy atom. The summed E-state index contributed by atoms with van der Waals surface area (Å²) >= 11 is 3.22. The molecule has 0 aliphatic carbocycles. The van der Waals surface area contributed by atoms with Gasteiger partial charge < -0.3 is 10.5 Å². The summed E-state index contributed by atoms with van der Waals surface area (Å²) in [7, 11) is -3.54. The Morgan fingerprint density at radius 1 is 1.33 bits per heavy atom. The van der Waals surface area contributed by atoms with E-state index in [0.717, 1.165) is 4.47 Å². The van der Waals surface area contributed by atoms with Crippen molar-refractivity contribution in [1.82, 2.24) is 4.72 Å². The van der Waals surface area contributed by atoms with E-state index in [2.05, 4.69) is 20.7 Å². The third-order valence-corrected chi connectivity index (χ3v) is 3.91. The fourth-order valence-electron chi connectivity index (χ4n) is 1.12. The molecule has 18 heavy (non-hydrogen) atoms. The van der Waals surface area contributed by atoms with Gasteiger partial charge in [0.1, 0.15) is 6.61 Å². The lowest BCUT2D eigenvalue weighted by molar-refractivity contribution is -0.122. The molecule has 8 heteroatoms. The van der Waals surface area contributed by atoms with Gasteiger partial charge in [0, 0.05) is 11.0 Å². The smallest absolute Gasteiger partial charge is 0.243 e. The van der Waals surface area contributed by atoms with E-state index in [0.29, 0.717) is 0 Å². The second-order valence-electron chi connectivity index (χ2n) is 3.37. The number of hydrogen-bond donors (Lipinski definition) is 2. The van der Waals surface area contributed by atoms with Crippen LogP contribution < -0.4 is 10.5 Å². The van der Waals surface area contributed by atoms with Gasteiger partial charge in [0.25, 0.3) is 0 Å². The molecule has 0 spiro atoms. The molecule has 0 heterocycles. The van der Waals surface area contributed by atoms with Crippen molar-refractivity contribution >= 4 is 31.9 Å². The third-order valence-electron chi connectivity index (χ3n) is 1.91. The minimum atomic E-state index is -3.54. The molecule has 6 nitrogen and oxygen atoms in total. The number of ether oxygens (including phenoxy) is 1. The minimum Gasteiger partial charge on any atom is -0.370 e. The number of halogens is 1. The molecule has 0 radical (unpaired) electrons. The summed E-state index contributed by atoms with van der Waals surface area (Å²) in [6.07, 6.45) is 0. The van der Waals surface area contributed by atoms with Gasteiger partial charge in [-0.05, 0) is 24.3 Å². The number of nitrogens with two attached hydrogens (primary N) is 1. The van der Waals surface area contributed by atoms with Crippen molar-refractivity contribution in [3.63, 3.8) is 0 Å². The Balaban J connectivity index is 2.45. The SMILES string of the molecule is NC(=O)COCCNS(=O)(=O)c1ccc(Br)cc1. The van der Waals surface area contributed by atoms with Crippen molar-refractivity contribution in [2.45, 2.75) is 4.90 Å². The molecule has 1 rings (SSSR count). The first kappa shape index (κ1) is 15.1. The van der Waals surface area contributed by atoms with Gasteiger partial charge in [-0.15, -0.1) is 0 Å². The molecule has 0 saturated heterocycles. The fraction of sp³-hybridized carbons (Fsp3) is 0.300. The first-order valence-corrected chi connectivity index (χ1v) is 7.31.